The van der Waals surface area contributed by atoms with Gasteiger partial charge in [0, 0.05) is 0 Å². The number of rotatable bonds is 7. The summed E-state index contributed by atoms with van der Waals surface area (Å²) >= 11 is 0. The van der Waals surface area contributed by atoms with Gasteiger partial charge in [-0.2, -0.15) is 5.10 Å². The predicted octanol–water partition coefficient (Wildman–Crippen LogP) is 5.85. The Morgan fingerprint density at radius 2 is 1.31 bits per heavy atom. The number of carbonyl (C=O) groups is 3. The van der Waals surface area contributed by atoms with Crippen LogP contribution in [0.25, 0.3) is 0 Å². The van der Waals surface area contributed by atoms with Crippen LogP contribution in [0.1, 0.15) is 93.9 Å². The van der Waals surface area contributed by atoms with Gasteiger partial charge >= 0.3 is 18.0 Å². The van der Waals surface area contributed by atoms with Gasteiger partial charge in [-0.25, -0.2) is 10.2 Å². The summed E-state index contributed by atoms with van der Waals surface area (Å²) in [5.41, 5.74) is 8.65. The lowest BCUT2D eigenvalue weighted by atomic mass is 9.71. The van der Waals surface area contributed by atoms with Crippen molar-refractivity contribution in [2.75, 3.05) is 0 Å². The minimum absolute atomic E-state index is 0.131. The number of esters is 2. The van der Waals surface area contributed by atoms with Gasteiger partial charge in [0.15, 0.2) is 0 Å². The summed E-state index contributed by atoms with van der Waals surface area (Å²) in [6.07, 6.45) is 7.40. The molecule has 8 nitrogen and oxygen atoms in total. The second-order valence-corrected chi connectivity index (χ2v) is 13.3. The van der Waals surface area contributed by atoms with Crippen molar-refractivity contribution in [1.29, 1.82) is 0 Å². The van der Waals surface area contributed by atoms with Gasteiger partial charge < -0.3 is 15.2 Å². The Bertz CT molecular complexity index is 958. The number of urea groups is 1. The number of allylic oxidation sites excluding steroid dienone is 1. The third kappa shape index (κ3) is 7.63. The molecule has 3 aliphatic rings. The van der Waals surface area contributed by atoms with E-state index in [1.165, 1.54) is 0 Å². The molecule has 0 radical (unpaired) electrons. The van der Waals surface area contributed by atoms with Crippen LogP contribution < -0.4 is 11.2 Å². The van der Waals surface area contributed by atoms with Crippen molar-refractivity contribution < 1.29 is 23.9 Å². The molecular weight excluding hydrogens is 494 g/mol. The van der Waals surface area contributed by atoms with Gasteiger partial charge in [-0.1, -0.05) is 66.9 Å². The Morgan fingerprint density at radius 1 is 0.846 bits per heavy atom. The molecule has 39 heavy (non-hydrogen) atoms. The monoisotopic (exact) mass is 545 g/mol. The van der Waals surface area contributed by atoms with Gasteiger partial charge in [-0.3, -0.25) is 9.59 Å². The molecule has 3 aliphatic carbocycles. The van der Waals surface area contributed by atoms with Crippen LogP contribution >= 0.6 is 0 Å². The highest BCUT2D eigenvalue weighted by Crippen LogP contribution is 2.41. The van der Waals surface area contributed by atoms with Gasteiger partial charge in [0.1, 0.15) is 18.1 Å². The highest BCUT2D eigenvalue weighted by Gasteiger charge is 2.46. The van der Waals surface area contributed by atoms with E-state index in [-0.39, 0.29) is 24.1 Å². The maximum atomic E-state index is 13.8. The second-order valence-electron chi connectivity index (χ2n) is 13.3. The van der Waals surface area contributed by atoms with Crippen molar-refractivity contribution in [2.45, 2.75) is 106 Å². The molecular formula is C31H51N3O5. The number of nitrogens with zero attached hydrogens (tertiary/aromatic N) is 1. The van der Waals surface area contributed by atoms with E-state index in [0.29, 0.717) is 35.3 Å². The quantitative estimate of drug-likeness (QED) is 0.307. The second kappa shape index (κ2) is 13.3. The molecule has 0 aromatic heterocycles. The Morgan fingerprint density at radius 3 is 1.74 bits per heavy atom. The third-order valence-corrected chi connectivity index (χ3v) is 9.50. The van der Waals surface area contributed by atoms with E-state index in [2.05, 4.69) is 52.1 Å². The number of hydrogen-bond donors (Lipinski definition) is 2. The minimum Gasteiger partial charge on any atom is -0.462 e. The summed E-state index contributed by atoms with van der Waals surface area (Å²) < 4.78 is 12.4. The van der Waals surface area contributed by atoms with Crippen LogP contribution in [0.4, 0.5) is 4.79 Å². The summed E-state index contributed by atoms with van der Waals surface area (Å²) in [5.74, 6) is -0.198. The van der Waals surface area contributed by atoms with Gasteiger partial charge in [0.05, 0.1) is 11.6 Å². The zero-order valence-corrected chi connectivity index (χ0v) is 25.2. The average molecular weight is 546 g/mol. The molecule has 8 heteroatoms. The fraction of sp³-hybridized carbons (Fsp3) is 0.806. The van der Waals surface area contributed by atoms with Crippen LogP contribution in [0.3, 0.4) is 0 Å². The highest BCUT2D eigenvalue weighted by molar-refractivity contribution is 6.11. The predicted molar refractivity (Wildman–Crippen MR) is 153 cm³/mol. The lowest BCUT2D eigenvalue weighted by Gasteiger charge is -2.40. The number of nitrogens with one attached hydrogen (secondary N) is 1. The van der Waals surface area contributed by atoms with Gasteiger partial charge in [-0.05, 0) is 80.1 Å². The Balaban J connectivity index is 1.88. The number of ether oxygens (including phenoxy) is 2. The normalized spacial score (nSPS) is 36.4. The van der Waals surface area contributed by atoms with Crippen LogP contribution in [0, 0.1) is 53.3 Å². The molecule has 0 aromatic carbocycles. The summed E-state index contributed by atoms with van der Waals surface area (Å²) in [5, 5.41) is 4.17. The molecule has 3 N–H and O–H groups in total. The first kappa shape index (κ1) is 31.2. The van der Waals surface area contributed by atoms with Crippen molar-refractivity contribution in [3.8, 4) is 0 Å². The van der Waals surface area contributed by atoms with E-state index in [1.54, 1.807) is 6.08 Å². The van der Waals surface area contributed by atoms with Crippen LogP contribution in [-0.4, -0.2) is 35.9 Å². The standard InChI is InChI=1S/C31H51N3O5/c1-16(2)22-11-9-18(5)13-25(22)38-29(35)27-20(7)15-24(33-34-31(32)37)28(21(27)8)30(36)39-26-14-19(6)10-12-23(26)17(3)4/h15-19,21-23,25-28H,9-14H2,1-8H3,(H3,32,34,37)/b33-24-/t18-,19-,21+,22-,23-,25-,26-,27+,28+/m1/s1. The van der Waals surface area contributed by atoms with Crippen molar-refractivity contribution in [3.63, 3.8) is 0 Å². The largest absolute Gasteiger partial charge is 0.462 e. The van der Waals surface area contributed by atoms with E-state index < -0.39 is 29.8 Å². The Kier molecular flexibility index (Phi) is 10.6. The van der Waals surface area contributed by atoms with Crippen LogP contribution in [-0.2, 0) is 19.1 Å². The van der Waals surface area contributed by atoms with E-state index in [0.717, 1.165) is 44.1 Å². The molecule has 2 saturated carbocycles. The lowest BCUT2D eigenvalue weighted by Crippen LogP contribution is -2.46. The van der Waals surface area contributed by atoms with Crippen molar-refractivity contribution >= 4 is 23.7 Å². The molecule has 9 atom stereocenters. The first-order valence-corrected chi connectivity index (χ1v) is 15.0. The Labute approximate surface area is 234 Å². The first-order valence-electron chi connectivity index (χ1n) is 15.0. The lowest BCUT2D eigenvalue weighted by molar-refractivity contribution is -0.165. The van der Waals surface area contributed by atoms with Crippen LogP contribution in [0.2, 0.25) is 0 Å². The molecule has 3 rings (SSSR count). The molecule has 2 fully saturated rings. The zero-order valence-electron chi connectivity index (χ0n) is 25.2. The van der Waals surface area contributed by atoms with Crippen LogP contribution in [0.5, 0.6) is 0 Å². The van der Waals surface area contributed by atoms with Gasteiger partial charge in [0.25, 0.3) is 0 Å². The molecule has 0 aromatic rings. The number of primary amides is 1. The van der Waals surface area contributed by atoms with E-state index >= 15 is 0 Å². The molecule has 2 amide bonds. The van der Waals surface area contributed by atoms with Gasteiger partial charge in [-0.15, -0.1) is 0 Å². The van der Waals surface area contributed by atoms with Crippen molar-refractivity contribution in [2.24, 2.45) is 64.1 Å². The first-order chi connectivity index (χ1) is 18.3. The van der Waals surface area contributed by atoms with E-state index in [4.69, 9.17) is 15.2 Å². The third-order valence-electron chi connectivity index (χ3n) is 9.50. The Hall–Kier alpha value is -2.38. The van der Waals surface area contributed by atoms with E-state index in [1.807, 2.05) is 13.8 Å². The molecule has 0 spiro atoms. The molecule has 220 valence electrons. The topological polar surface area (TPSA) is 120 Å². The maximum absolute atomic E-state index is 13.8. The average Bonchev–Trinajstić information content (AvgIpc) is 2.82. The molecule has 0 aliphatic heterocycles. The summed E-state index contributed by atoms with van der Waals surface area (Å²) in [7, 11) is 0. The molecule has 0 heterocycles. The number of amides is 2. The fourth-order valence-electron chi connectivity index (χ4n) is 7.19. The maximum Gasteiger partial charge on any atom is 0.332 e. The smallest absolute Gasteiger partial charge is 0.332 e. The number of hydrazone groups is 1. The highest BCUT2D eigenvalue weighted by atomic mass is 16.5. The van der Waals surface area contributed by atoms with Crippen molar-refractivity contribution in [3.05, 3.63) is 11.6 Å². The SMILES string of the molecule is CC1=C/C(=N/NC(N)=O)[C@@H](C(=O)O[C@@H]2C[C@H](C)CC[C@@H]2C(C)C)[C@@H](C)[C@H]1C(=O)O[C@@H]1C[C@H](C)CC[C@@H]1C(C)C. The van der Waals surface area contributed by atoms with Crippen LogP contribution in [0.15, 0.2) is 16.8 Å². The molecule has 0 unspecified atom stereocenters. The number of nitrogens with two attached hydrogens (primary N) is 1. The summed E-state index contributed by atoms with van der Waals surface area (Å²) in [6.45, 7) is 16.8. The van der Waals surface area contributed by atoms with E-state index in [9.17, 15) is 14.4 Å². The fourth-order valence-corrected chi connectivity index (χ4v) is 7.19. The molecule has 0 bridgehead atoms. The van der Waals surface area contributed by atoms with Crippen molar-refractivity contribution in [1.82, 2.24) is 5.43 Å². The summed E-state index contributed by atoms with van der Waals surface area (Å²) in [4.78, 5) is 39.0. The minimum atomic E-state index is -0.825. The van der Waals surface area contributed by atoms with Gasteiger partial charge in [0.2, 0.25) is 0 Å². The zero-order chi connectivity index (χ0) is 29.0. The molecule has 0 saturated heterocycles. The summed E-state index contributed by atoms with van der Waals surface area (Å²) in [6, 6.07) is -0.818. The number of carbonyl (C=O) groups excluding carboxylic acids is 3. The number of hydrogen-bond acceptors (Lipinski definition) is 6.